The third-order valence-electron chi connectivity index (χ3n) is 3.06. The number of carbonyl (C=O) groups is 1. The summed E-state index contributed by atoms with van der Waals surface area (Å²) in [6.07, 6.45) is 4.54. The summed E-state index contributed by atoms with van der Waals surface area (Å²) < 4.78 is 0. The lowest BCUT2D eigenvalue weighted by molar-refractivity contribution is -0.131. The van der Waals surface area contributed by atoms with Crippen LogP contribution in [-0.2, 0) is 4.79 Å². The summed E-state index contributed by atoms with van der Waals surface area (Å²) in [5, 5.41) is 10.8. The van der Waals surface area contributed by atoms with Crippen LogP contribution in [0.25, 0.3) is 28.0 Å². The Morgan fingerprint density at radius 1 is 1.37 bits per heavy atom. The summed E-state index contributed by atoms with van der Waals surface area (Å²) >= 11 is 0. The monoisotopic (exact) mass is 252 g/mol. The average Bonchev–Trinajstić information content (AvgIpc) is 2.75. The van der Waals surface area contributed by atoms with Gasteiger partial charge in [-0.15, -0.1) is 0 Å². The van der Waals surface area contributed by atoms with E-state index >= 15 is 0 Å². The third kappa shape index (κ3) is 1.97. The molecule has 0 unspecified atom stereocenters. The van der Waals surface area contributed by atoms with Crippen LogP contribution in [0.15, 0.2) is 36.5 Å². The smallest absolute Gasteiger partial charge is 0.328 e. The molecule has 0 radical (unpaired) electrons. The lowest BCUT2D eigenvalue weighted by Crippen LogP contribution is -1.86. The van der Waals surface area contributed by atoms with Crippen molar-refractivity contribution in [3.05, 3.63) is 47.7 Å². The van der Waals surface area contributed by atoms with Gasteiger partial charge < -0.3 is 10.1 Å². The molecule has 0 bridgehead atoms. The second kappa shape index (κ2) is 4.24. The number of aryl methyl sites for hydroxylation is 1. The topological polar surface area (TPSA) is 66.0 Å². The molecule has 19 heavy (non-hydrogen) atoms. The first-order valence-corrected chi connectivity index (χ1v) is 5.93. The summed E-state index contributed by atoms with van der Waals surface area (Å²) in [5.74, 6) is -0.956. The first-order valence-electron chi connectivity index (χ1n) is 5.93. The van der Waals surface area contributed by atoms with E-state index in [1.165, 1.54) is 0 Å². The molecular weight excluding hydrogens is 240 g/mol. The number of aliphatic carboxylic acids is 1. The summed E-state index contributed by atoms with van der Waals surface area (Å²) in [6.45, 7) is 2.00. The predicted molar refractivity (Wildman–Crippen MR) is 75.0 cm³/mol. The van der Waals surface area contributed by atoms with E-state index < -0.39 is 5.97 Å². The molecule has 0 saturated heterocycles. The van der Waals surface area contributed by atoms with Gasteiger partial charge in [-0.2, -0.15) is 0 Å². The van der Waals surface area contributed by atoms with Crippen molar-refractivity contribution < 1.29 is 9.90 Å². The number of carboxylic acids is 1. The minimum absolute atomic E-state index is 0.816. The molecule has 2 N–H and O–H groups in total. The van der Waals surface area contributed by atoms with Gasteiger partial charge >= 0.3 is 5.97 Å². The molecule has 4 heteroatoms. The predicted octanol–water partition coefficient (Wildman–Crippen LogP) is 3.12. The van der Waals surface area contributed by atoms with Crippen LogP contribution in [0.2, 0.25) is 0 Å². The highest BCUT2D eigenvalue weighted by molar-refractivity contribution is 6.08. The van der Waals surface area contributed by atoms with Gasteiger partial charge in [0, 0.05) is 23.0 Å². The Kier molecular flexibility index (Phi) is 2.56. The first-order chi connectivity index (χ1) is 9.15. The van der Waals surface area contributed by atoms with Crippen LogP contribution >= 0.6 is 0 Å². The largest absolute Gasteiger partial charge is 0.478 e. The maximum absolute atomic E-state index is 10.6. The number of nitrogens with zero attached hydrogens (tertiary/aromatic N) is 1. The minimum Gasteiger partial charge on any atom is -0.478 e. The maximum Gasteiger partial charge on any atom is 0.328 e. The van der Waals surface area contributed by atoms with Crippen molar-refractivity contribution in [2.75, 3.05) is 0 Å². The molecule has 0 fully saturated rings. The molecule has 2 heterocycles. The van der Waals surface area contributed by atoms with Gasteiger partial charge in [-0.3, -0.25) is 0 Å². The molecule has 94 valence electrons. The van der Waals surface area contributed by atoms with E-state index in [1.54, 1.807) is 6.08 Å². The van der Waals surface area contributed by atoms with E-state index in [1.807, 2.05) is 31.3 Å². The SMILES string of the molecule is Cc1cnc2[nH]c3c(C=CC(=O)O)cccc3c2c1. The Bertz CT molecular complexity index is 815. The molecule has 0 aliphatic heterocycles. The van der Waals surface area contributed by atoms with Gasteiger partial charge in [0.05, 0.1) is 5.52 Å². The van der Waals surface area contributed by atoms with Crippen molar-refractivity contribution >= 4 is 34.0 Å². The molecule has 0 atom stereocenters. The fraction of sp³-hybridized carbons (Fsp3) is 0.0667. The van der Waals surface area contributed by atoms with Crippen LogP contribution < -0.4 is 0 Å². The Balaban J connectivity index is 2.31. The van der Waals surface area contributed by atoms with Crippen molar-refractivity contribution in [3.63, 3.8) is 0 Å². The lowest BCUT2D eigenvalue weighted by atomic mass is 10.1. The van der Waals surface area contributed by atoms with Crippen LogP contribution in [0, 0.1) is 6.92 Å². The fourth-order valence-electron chi connectivity index (χ4n) is 2.23. The van der Waals surface area contributed by atoms with Gasteiger partial charge in [0.25, 0.3) is 0 Å². The number of pyridine rings is 1. The van der Waals surface area contributed by atoms with Gasteiger partial charge in [-0.25, -0.2) is 9.78 Å². The van der Waals surface area contributed by atoms with Crippen molar-refractivity contribution in [1.29, 1.82) is 0 Å². The molecule has 2 aromatic heterocycles. The summed E-state index contributed by atoms with van der Waals surface area (Å²) in [7, 11) is 0. The van der Waals surface area contributed by atoms with Gasteiger partial charge in [0.2, 0.25) is 0 Å². The Hall–Kier alpha value is -2.62. The number of benzene rings is 1. The number of hydrogen-bond acceptors (Lipinski definition) is 2. The number of para-hydroxylation sites is 1. The van der Waals surface area contributed by atoms with E-state index in [9.17, 15) is 4.79 Å². The molecule has 3 rings (SSSR count). The zero-order chi connectivity index (χ0) is 13.4. The standard InChI is InChI=1S/C15H12N2O2/c1-9-7-12-11-4-2-3-10(5-6-13(18)19)14(11)17-15(12)16-8-9/h2-8H,1H3,(H,16,17)(H,18,19). The van der Waals surface area contributed by atoms with Crippen LogP contribution in [0.5, 0.6) is 0 Å². The zero-order valence-electron chi connectivity index (χ0n) is 10.3. The van der Waals surface area contributed by atoms with Gasteiger partial charge in [0.1, 0.15) is 5.65 Å². The normalized spacial score (nSPS) is 11.6. The third-order valence-corrected chi connectivity index (χ3v) is 3.06. The number of nitrogens with one attached hydrogen (secondary N) is 1. The number of hydrogen-bond donors (Lipinski definition) is 2. The van der Waals surface area contributed by atoms with E-state index in [4.69, 9.17) is 5.11 Å². The number of carboxylic acid groups (broad SMARTS) is 1. The summed E-state index contributed by atoms with van der Waals surface area (Å²) in [5.41, 5.74) is 3.67. The molecule has 0 amide bonds. The second-order valence-electron chi connectivity index (χ2n) is 4.48. The summed E-state index contributed by atoms with van der Waals surface area (Å²) in [6, 6.07) is 7.88. The van der Waals surface area contributed by atoms with Crippen LogP contribution in [0.4, 0.5) is 0 Å². The van der Waals surface area contributed by atoms with E-state index in [2.05, 4.69) is 16.0 Å². The van der Waals surface area contributed by atoms with Gasteiger partial charge in [-0.05, 0) is 30.2 Å². The molecule has 0 aliphatic carbocycles. The van der Waals surface area contributed by atoms with Crippen molar-refractivity contribution in [1.82, 2.24) is 9.97 Å². The quantitative estimate of drug-likeness (QED) is 0.688. The lowest BCUT2D eigenvalue weighted by Gasteiger charge is -1.96. The maximum atomic E-state index is 10.6. The number of rotatable bonds is 2. The number of aromatic amines is 1. The highest BCUT2D eigenvalue weighted by atomic mass is 16.4. The number of H-pyrrole nitrogens is 1. The Labute approximate surface area is 109 Å². The van der Waals surface area contributed by atoms with Crippen LogP contribution in [0.3, 0.4) is 0 Å². The average molecular weight is 252 g/mol. The Morgan fingerprint density at radius 2 is 2.21 bits per heavy atom. The fourth-order valence-corrected chi connectivity index (χ4v) is 2.23. The molecule has 1 aromatic carbocycles. The molecule has 0 aliphatic rings. The van der Waals surface area contributed by atoms with Crippen LogP contribution in [-0.4, -0.2) is 21.0 Å². The molecule has 4 nitrogen and oxygen atoms in total. The highest BCUT2D eigenvalue weighted by Gasteiger charge is 2.07. The first kappa shape index (κ1) is 11.5. The van der Waals surface area contributed by atoms with E-state index in [-0.39, 0.29) is 0 Å². The van der Waals surface area contributed by atoms with Gasteiger partial charge in [-0.1, -0.05) is 18.2 Å². The molecule has 0 spiro atoms. The van der Waals surface area contributed by atoms with Gasteiger partial charge in [0.15, 0.2) is 0 Å². The van der Waals surface area contributed by atoms with Crippen LogP contribution in [0.1, 0.15) is 11.1 Å². The van der Waals surface area contributed by atoms with E-state index in [0.717, 1.165) is 39.1 Å². The molecule has 3 aromatic rings. The van der Waals surface area contributed by atoms with Crippen molar-refractivity contribution in [2.45, 2.75) is 6.92 Å². The zero-order valence-corrected chi connectivity index (χ0v) is 10.3. The van der Waals surface area contributed by atoms with E-state index in [0.29, 0.717) is 0 Å². The molecule has 0 saturated carbocycles. The number of fused-ring (bicyclic) bond motifs is 3. The number of aromatic nitrogens is 2. The highest BCUT2D eigenvalue weighted by Crippen LogP contribution is 2.27. The summed E-state index contributed by atoms with van der Waals surface area (Å²) in [4.78, 5) is 18.2. The minimum atomic E-state index is -0.956. The van der Waals surface area contributed by atoms with Crippen molar-refractivity contribution in [2.24, 2.45) is 0 Å². The Morgan fingerprint density at radius 3 is 3.00 bits per heavy atom. The molecular formula is C15H12N2O2. The second-order valence-corrected chi connectivity index (χ2v) is 4.48. The van der Waals surface area contributed by atoms with Crippen molar-refractivity contribution in [3.8, 4) is 0 Å².